The summed E-state index contributed by atoms with van der Waals surface area (Å²) < 4.78 is 5.24. The van der Waals surface area contributed by atoms with Crippen LogP contribution in [0.1, 0.15) is 50.2 Å². The van der Waals surface area contributed by atoms with E-state index in [1.54, 1.807) is 7.11 Å². The minimum atomic E-state index is 0.131. The Bertz CT molecular complexity index is 366. The predicted octanol–water partition coefficient (Wildman–Crippen LogP) is 3.38. The topological polar surface area (TPSA) is 34.1 Å². The molecule has 104 valence electrons. The number of nitrogens with one attached hydrogen (secondary N) is 1. The van der Waals surface area contributed by atoms with Gasteiger partial charge in [0.25, 0.3) is 0 Å². The lowest BCUT2D eigenvalue weighted by Gasteiger charge is -2.20. The summed E-state index contributed by atoms with van der Waals surface area (Å²) in [5.41, 5.74) is 1.22. The van der Waals surface area contributed by atoms with Crippen LogP contribution in [0.2, 0.25) is 0 Å². The van der Waals surface area contributed by atoms with Gasteiger partial charge in [-0.15, -0.1) is 11.3 Å². The Morgan fingerprint density at radius 2 is 2.00 bits per heavy atom. The minimum Gasteiger partial charge on any atom is -0.378 e. The fourth-order valence-corrected chi connectivity index (χ4v) is 2.83. The van der Waals surface area contributed by atoms with Crippen molar-refractivity contribution in [2.45, 2.75) is 59.7 Å². The Morgan fingerprint density at radius 3 is 2.50 bits per heavy atom. The molecule has 0 amide bonds. The lowest BCUT2D eigenvalue weighted by atomic mass is 10.1. The van der Waals surface area contributed by atoms with Gasteiger partial charge in [-0.25, -0.2) is 4.98 Å². The molecule has 1 N–H and O–H groups in total. The average molecular weight is 270 g/mol. The van der Waals surface area contributed by atoms with Gasteiger partial charge in [0.2, 0.25) is 0 Å². The second kappa shape index (κ2) is 6.64. The molecule has 1 heterocycles. The van der Waals surface area contributed by atoms with E-state index in [0.29, 0.717) is 12.5 Å². The van der Waals surface area contributed by atoms with Gasteiger partial charge in [-0.2, -0.15) is 0 Å². The number of aromatic nitrogens is 1. The maximum atomic E-state index is 5.24. The predicted molar refractivity (Wildman–Crippen MR) is 78.0 cm³/mol. The standard InChI is InChI=1S/C14H26N2OS/c1-10(2)7-13-16-11(9-17-6)12(18-13)8-15-14(3,4)5/h10,15H,7-9H2,1-6H3. The van der Waals surface area contributed by atoms with E-state index in [1.807, 2.05) is 11.3 Å². The van der Waals surface area contributed by atoms with Crippen molar-refractivity contribution < 1.29 is 4.74 Å². The first-order valence-corrected chi connectivity index (χ1v) is 7.35. The monoisotopic (exact) mass is 270 g/mol. The van der Waals surface area contributed by atoms with Crippen LogP contribution in [0.25, 0.3) is 0 Å². The van der Waals surface area contributed by atoms with Crippen LogP contribution in [0.15, 0.2) is 0 Å². The number of hydrogen-bond donors (Lipinski definition) is 1. The van der Waals surface area contributed by atoms with Gasteiger partial charge >= 0.3 is 0 Å². The molecule has 0 bridgehead atoms. The van der Waals surface area contributed by atoms with E-state index < -0.39 is 0 Å². The van der Waals surface area contributed by atoms with Gasteiger partial charge < -0.3 is 10.1 Å². The molecule has 1 aromatic rings. The summed E-state index contributed by atoms with van der Waals surface area (Å²) in [4.78, 5) is 6.00. The van der Waals surface area contributed by atoms with Crippen molar-refractivity contribution in [1.82, 2.24) is 10.3 Å². The molecule has 0 spiro atoms. The van der Waals surface area contributed by atoms with Gasteiger partial charge in [-0.3, -0.25) is 0 Å². The third kappa shape index (κ3) is 5.46. The molecule has 0 aliphatic heterocycles. The molecule has 1 aromatic heterocycles. The van der Waals surface area contributed by atoms with Crippen molar-refractivity contribution in [3.8, 4) is 0 Å². The zero-order chi connectivity index (χ0) is 13.8. The highest BCUT2D eigenvalue weighted by atomic mass is 32.1. The van der Waals surface area contributed by atoms with E-state index in [2.05, 4.69) is 39.9 Å². The van der Waals surface area contributed by atoms with Gasteiger partial charge in [0, 0.05) is 30.5 Å². The molecule has 0 fully saturated rings. The fourth-order valence-electron chi connectivity index (χ4n) is 1.61. The van der Waals surface area contributed by atoms with Crippen LogP contribution in [0.4, 0.5) is 0 Å². The van der Waals surface area contributed by atoms with Crippen LogP contribution in [0, 0.1) is 5.92 Å². The van der Waals surface area contributed by atoms with Gasteiger partial charge in [-0.05, 0) is 26.7 Å². The molecule has 18 heavy (non-hydrogen) atoms. The summed E-state index contributed by atoms with van der Waals surface area (Å²) in [6.45, 7) is 12.5. The lowest BCUT2D eigenvalue weighted by molar-refractivity contribution is 0.181. The van der Waals surface area contributed by atoms with Crippen LogP contribution >= 0.6 is 11.3 Å². The van der Waals surface area contributed by atoms with Crippen LogP contribution in [-0.2, 0) is 24.3 Å². The summed E-state index contributed by atoms with van der Waals surface area (Å²) in [6, 6.07) is 0. The molecule has 4 heteroatoms. The van der Waals surface area contributed by atoms with E-state index in [4.69, 9.17) is 9.72 Å². The first-order chi connectivity index (χ1) is 8.31. The maximum Gasteiger partial charge on any atom is 0.0935 e. The van der Waals surface area contributed by atoms with E-state index in [-0.39, 0.29) is 5.54 Å². The number of nitrogens with zero attached hydrogens (tertiary/aromatic N) is 1. The van der Waals surface area contributed by atoms with Crippen LogP contribution in [-0.4, -0.2) is 17.6 Å². The molecular formula is C14H26N2OS. The molecule has 0 saturated carbocycles. The van der Waals surface area contributed by atoms with Crippen molar-refractivity contribution >= 4 is 11.3 Å². The third-order valence-electron chi connectivity index (χ3n) is 2.47. The molecule has 0 radical (unpaired) electrons. The van der Waals surface area contributed by atoms with Crippen LogP contribution in [0.3, 0.4) is 0 Å². The molecule has 0 aliphatic carbocycles. The molecule has 0 unspecified atom stereocenters. The first-order valence-electron chi connectivity index (χ1n) is 6.53. The number of thiazole rings is 1. The molecule has 0 aliphatic rings. The van der Waals surface area contributed by atoms with E-state index >= 15 is 0 Å². The summed E-state index contributed by atoms with van der Waals surface area (Å²) in [5, 5.41) is 4.74. The number of hydrogen-bond acceptors (Lipinski definition) is 4. The SMILES string of the molecule is COCc1nc(CC(C)C)sc1CNC(C)(C)C. The van der Waals surface area contributed by atoms with Gasteiger partial charge in [0.1, 0.15) is 0 Å². The minimum absolute atomic E-state index is 0.131. The van der Waals surface area contributed by atoms with Gasteiger partial charge in [-0.1, -0.05) is 13.8 Å². The highest BCUT2D eigenvalue weighted by molar-refractivity contribution is 7.11. The zero-order valence-corrected chi connectivity index (χ0v) is 13.3. The zero-order valence-electron chi connectivity index (χ0n) is 12.5. The Balaban J connectivity index is 2.77. The number of methoxy groups -OCH3 is 1. The lowest BCUT2D eigenvalue weighted by Crippen LogP contribution is -2.35. The van der Waals surface area contributed by atoms with Gasteiger partial charge in [0.05, 0.1) is 17.3 Å². The largest absolute Gasteiger partial charge is 0.378 e. The molecule has 0 atom stereocenters. The highest BCUT2D eigenvalue weighted by Crippen LogP contribution is 2.22. The summed E-state index contributed by atoms with van der Waals surface area (Å²) in [6.07, 6.45) is 1.05. The Morgan fingerprint density at radius 1 is 1.33 bits per heavy atom. The van der Waals surface area contributed by atoms with Gasteiger partial charge in [0.15, 0.2) is 0 Å². The maximum absolute atomic E-state index is 5.24. The summed E-state index contributed by atoms with van der Waals surface area (Å²) in [7, 11) is 1.72. The number of ether oxygens (including phenoxy) is 1. The highest BCUT2D eigenvalue weighted by Gasteiger charge is 2.15. The van der Waals surface area contributed by atoms with E-state index in [9.17, 15) is 0 Å². The second-order valence-corrected chi connectivity index (χ2v) is 7.28. The normalized spacial score (nSPS) is 12.4. The van der Waals surface area contributed by atoms with Crippen LogP contribution < -0.4 is 5.32 Å². The molecule has 0 saturated heterocycles. The molecular weight excluding hydrogens is 244 g/mol. The van der Waals surface area contributed by atoms with Crippen molar-refractivity contribution in [2.75, 3.05) is 7.11 Å². The van der Waals surface area contributed by atoms with Crippen molar-refractivity contribution in [3.05, 3.63) is 15.6 Å². The smallest absolute Gasteiger partial charge is 0.0935 e. The Kier molecular flexibility index (Phi) is 5.76. The van der Waals surface area contributed by atoms with Crippen LogP contribution in [0.5, 0.6) is 0 Å². The molecule has 1 rings (SSSR count). The van der Waals surface area contributed by atoms with E-state index in [0.717, 1.165) is 18.7 Å². The second-order valence-electron chi connectivity index (χ2n) is 6.11. The van der Waals surface area contributed by atoms with Crippen molar-refractivity contribution in [3.63, 3.8) is 0 Å². The average Bonchev–Trinajstić information content (AvgIpc) is 2.56. The van der Waals surface area contributed by atoms with Crippen molar-refractivity contribution in [1.29, 1.82) is 0 Å². The third-order valence-corrected chi connectivity index (χ3v) is 3.59. The first kappa shape index (κ1) is 15.6. The summed E-state index contributed by atoms with van der Waals surface area (Å²) in [5.74, 6) is 0.648. The summed E-state index contributed by atoms with van der Waals surface area (Å²) >= 11 is 1.81. The quantitative estimate of drug-likeness (QED) is 0.860. The van der Waals surface area contributed by atoms with Crippen molar-refractivity contribution in [2.24, 2.45) is 5.92 Å². The Labute approximate surface area is 115 Å². The molecule has 0 aromatic carbocycles. The Hall–Kier alpha value is -0.450. The van der Waals surface area contributed by atoms with E-state index in [1.165, 1.54) is 9.88 Å². The molecule has 3 nitrogen and oxygen atoms in total. The number of rotatable bonds is 6. The fraction of sp³-hybridized carbons (Fsp3) is 0.786.